The predicted molar refractivity (Wildman–Crippen MR) is 89.5 cm³/mol. The summed E-state index contributed by atoms with van der Waals surface area (Å²) in [6.45, 7) is 0.583. The second kappa shape index (κ2) is 6.59. The second-order valence-corrected chi connectivity index (χ2v) is 5.30. The van der Waals surface area contributed by atoms with Gasteiger partial charge in [0.25, 0.3) is 11.0 Å². The molecule has 25 heavy (non-hydrogen) atoms. The van der Waals surface area contributed by atoms with E-state index in [1.54, 1.807) is 36.4 Å². The van der Waals surface area contributed by atoms with Gasteiger partial charge >= 0.3 is 11.4 Å². The van der Waals surface area contributed by atoms with Crippen LogP contribution in [0.15, 0.2) is 42.5 Å². The van der Waals surface area contributed by atoms with Crippen molar-refractivity contribution < 1.29 is 13.9 Å². The molecule has 0 spiro atoms. The van der Waals surface area contributed by atoms with Crippen molar-refractivity contribution in [2.24, 2.45) is 5.73 Å². The highest BCUT2D eigenvalue weighted by molar-refractivity contribution is 5.76. The Morgan fingerprint density at radius 2 is 1.80 bits per heavy atom. The Bertz CT molecular complexity index is 986. The summed E-state index contributed by atoms with van der Waals surface area (Å²) in [7, 11) is 0. The molecule has 0 saturated heterocycles. The molecule has 0 fully saturated rings. The number of nitriles is 1. The van der Waals surface area contributed by atoms with E-state index < -0.39 is 11.5 Å². The number of hydrogen-bond donors (Lipinski definition) is 2. The molecule has 0 bridgehead atoms. The molecular weight excluding hydrogens is 325 g/mol. The van der Waals surface area contributed by atoms with Crippen LogP contribution in [0.2, 0.25) is 0 Å². The molecule has 3 rings (SSSR count). The molecule has 1 heterocycles. The zero-order valence-electron chi connectivity index (χ0n) is 13.1. The molecule has 3 N–H and O–H groups in total. The maximum atomic E-state index is 14.2. The fourth-order valence-corrected chi connectivity index (χ4v) is 2.60. The van der Waals surface area contributed by atoms with Crippen LogP contribution in [-0.4, -0.2) is 13.1 Å². The van der Waals surface area contributed by atoms with Crippen molar-refractivity contribution in [2.45, 2.75) is 0 Å². The molecule has 8 heteroatoms. The van der Waals surface area contributed by atoms with Crippen molar-refractivity contribution in [1.82, 2.24) is 0 Å². The summed E-state index contributed by atoms with van der Waals surface area (Å²) < 4.78 is 14.9. The van der Waals surface area contributed by atoms with Crippen LogP contribution in [0.3, 0.4) is 0 Å². The fourth-order valence-electron chi connectivity index (χ4n) is 2.60. The van der Waals surface area contributed by atoms with E-state index in [2.05, 4.69) is 5.32 Å². The lowest BCUT2D eigenvalue weighted by atomic mass is 10.1. The SMILES string of the molecule is N#Cc1c(-c2ccccc2)[n+]([O-])c2cc(NCCN)c(F)cc2[n+]1[O-]. The summed E-state index contributed by atoms with van der Waals surface area (Å²) in [6, 6.07) is 12.3. The summed E-state index contributed by atoms with van der Waals surface area (Å²) in [5.41, 5.74) is 5.13. The zero-order valence-corrected chi connectivity index (χ0v) is 13.1. The molecule has 7 nitrogen and oxygen atoms in total. The quantitative estimate of drug-likeness (QED) is 0.546. The van der Waals surface area contributed by atoms with Gasteiger partial charge in [-0.05, 0) is 12.1 Å². The average Bonchev–Trinajstić information content (AvgIpc) is 2.63. The number of nitrogens with zero attached hydrogens (tertiary/aromatic N) is 3. The Morgan fingerprint density at radius 3 is 2.44 bits per heavy atom. The van der Waals surface area contributed by atoms with Gasteiger partial charge in [-0.2, -0.15) is 9.99 Å². The van der Waals surface area contributed by atoms with Gasteiger partial charge in [-0.15, -0.1) is 4.73 Å². The number of halogens is 1. The number of anilines is 1. The molecule has 0 aliphatic carbocycles. The molecule has 0 amide bonds. The lowest BCUT2D eigenvalue weighted by molar-refractivity contribution is -0.622. The summed E-state index contributed by atoms with van der Waals surface area (Å²) in [5, 5.41) is 37.5. The smallest absolute Gasteiger partial charge is 0.369 e. The van der Waals surface area contributed by atoms with E-state index in [1.807, 2.05) is 0 Å². The molecule has 1 aromatic heterocycles. The molecule has 0 radical (unpaired) electrons. The number of benzene rings is 2. The number of fused-ring (bicyclic) bond motifs is 1. The van der Waals surface area contributed by atoms with E-state index in [4.69, 9.17) is 5.73 Å². The molecule has 0 saturated carbocycles. The van der Waals surface area contributed by atoms with Gasteiger partial charge in [0, 0.05) is 19.2 Å². The van der Waals surface area contributed by atoms with E-state index in [0.717, 1.165) is 6.07 Å². The molecule has 2 aromatic carbocycles. The summed E-state index contributed by atoms with van der Waals surface area (Å²) in [6.07, 6.45) is 0. The molecule has 0 unspecified atom stereocenters. The van der Waals surface area contributed by atoms with Gasteiger partial charge in [0.15, 0.2) is 11.9 Å². The highest BCUT2D eigenvalue weighted by Gasteiger charge is 2.30. The van der Waals surface area contributed by atoms with E-state index in [9.17, 15) is 20.1 Å². The van der Waals surface area contributed by atoms with Crippen LogP contribution in [0.25, 0.3) is 22.3 Å². The molecule has 0 atom stereocenters. The Balaban J connectivity index is 2.35. The normalized spacial score (nSPS) is 10.6. The van der Waals surface area contributed by atoms with E-state index in [0.29, 0.717) is 16.8 Å². The minimum Gasteiger partial charge on any atom is -0.617 e. The first kappa shape index (κ1) is 16.4. The molecule has 126 valence electrons. The van der Waals surface area contributed by atoms with Crippen LogP contribution < -0.4 is 20.5 Å². The van der Waals surface area contributed by atoms with E-state index in [-0.39, 0.29) is 33.7 Å². The topological polar surface area (TPSA) is 116 Å². The van der Waals surface area contributed by atoms with Gasteiger partial charge in [0.2, 0.25) is 0 Å². The first-order valence-electron chi connectivity index (χ1n) is 7.50. The maximum absolute atomic E-state index is 14.2. The molecular formula is C17H14FN5O2. The van der Waals surface area contributed by atoms with Crippen LogP contribution in [0, 0.1) is 27.6 Å². The van der Waals surface area contributed by atoms with Gasteiger partial charge in [0.05, 0.1) is 17.3 Å². The van der Waals surface area contributed by atoms with Gasteiger partial charge in [-0.3, -0.25) is 0 Å². The van der Waals surface area contributed by atoms with Crippen molar-refractivity contribution in [1.29, 1.82) is 5.26 Å². The lowest BCUT2D eigenvalue weighted by Gasteiger charge is -2.12. The van der Waals surface area contributed by atoms with Gasteiger partial charge in [-0.1, -0.05) is 18.2 Å². The van der Waals surface area contributed by atoms with Crippen molar-refractivity contribution in [3.05, 3.63) is 64.4 Å². The lowest BCUT2D eigenvalue weighted by Crippen LogP contribution is -2.43. The number of hydrogen-bond acceptors (Lipinski definition) is 5. The van der Waals surface area contributed by atoms with Crippen LogP contribution in [0.1, 0.15) is 5.69 Å². The Morgan fingerprint density at radius 1 is 1.12 bits per heavy atom. The first-order valence-corrected chi connectivity index (χ1v) is 7.50. The summed E-state index contributed by atoms with van der Waals surface area (Å²) in [4.78, 5) is 0. The predicted octanol–water partition coefficient (Wildman–Crippen LogP) is 1.15. The summed E-state index contributed by atoms with van der Waals surface area (Å²) in [5.74, 6) is -0.707. The van der Waals surface area contributed by atoms with Crippen LogP contribution in [0.5, 0.6) is 0 Å². The number of aromatic nitrogens is 2. The van der Waals surface area contributed by atoms with Crippen LogP contribution >= 0.6 is 0 Å². The minimum absolute atomic E-state index is 0.0474. The van der Waals surface area contributed by atoms with E-state index in [1.165, 1.54) is 6.07 Å². The van der Waals surface area contributed by atoms with Crippen LogP contribution in [-0.2, 0) is 0 Å². The fraction of sp³-hybridized carbons (Fsp3) is 0.118. The van der Waals surface area contributed by atoms with Crippen LogP contribution in [0.4, 0.5) is 10.1 Å². The van der Waals surface area contributed by atoms with Crippen molar-refractivity contribution in [3.63, 3.8) is 0 Å². The standard InChI is InChI=1S/C17H14FN5O2/c18-12-8-14-15(9-13(12)21-7-6-19)23(25)17(16(10-20)22(14)24)11-4-2-1-3-5-11/h1-5,8-9,21H,6-7,19H2. The third kappa shape index (κ3) is 2.77. The van der Waals surface area contributed by atoms with Gasteiger partial charge in [-0.25, -0.2) is 4.39 Å². The van der Waals surface area contributed by atoms with Gasteiger partial charge < -0.3 is 21.5 Å². The zero-order chi connectivity index (χ0) is 18.0. The minimum atomic E-state index is -0.707. The summed E-state index contributed by atoms with van der Waals surface area (Å²) >= 11 is 0. The van der Waals surface area contributed by atoms with Gasteiger partial charge in [0.1, 0.15) is 0 Å². The molecule has 0 aliphatic rings. The third-order valence-electron chi connectivity index (χ3n) is 3.75. The largest absolute Gasteiger partial charge is 0.617 e. The number of nitrogens with one attached hydrogen (secondary N) is 1. The van der Waals surface area contributed by atoms with Crippen molar-refractivity contribution in [2.75, 3.05) is 18.4 Å². The monoisotopic (exact) mass is 339 g/mol. The Kier molecular flexibility index (Phi) is 4.33. The third-order valence-corrected chi connectivity index (χ3v) is 3.75. The molecule has 0 aliphatic heterocycles. The highest BCUT2D eigenvalue weighted by atomic mass is 19.1. The Hall–Kier alpha value is -3.44. The highest BCUT2D eigenvalue weighted by Crippen LogP contribution is 2.23. The van der Waals surface area contributed by atoms with Crippen molar-refractivity contribution >= 4 is 16.7 Å². The van der Waals surface area contributed by atoms with E-state index >= 15 is 0 Å². The van der Waals surface area contributed by atoms with Crippen molar-refractivity contribution in [3.8, 4) is 17.3 Å². The maximum Gasteiger partial charge on any atom is 0.369 e. The Labute approximate surface area is 142 Å². The first-order chi connectivity index (χ1) is 12.1. The molecule has 3 aromatic rings. The number of nitrogens with two attached hydrogens (primary N) is 1. The second-order valence-electron chi connectivity index (χ2n) is 5.30. The average molecular weight is 339 g/mol. The number of rotatable bonds is 4.